The van der Waals surface area contributed by atoms with Crippen LogP contribution in [0.2, 0.25) is 0 Å². The lowest BCUT2D eigenvalue weighted by Gasteiger charge is -2.31. The number of carboxylic acids is 1. The Bertz CT molecular complexity index is 332. The van der Waals surface area contributed by atoms with Gasteiger partial charge in [-0.3, -0.25) is 14.4 Å². The van der Waals surface area contributed by atoms with E-state index in [0.717, 1.165) is 0 Å². The summed E-state index contributed by atoms with van der Waals surface area (Å²) < 4.78 is 0. The Kier molecular flexibility index (Phi) is 2.80. The van der Waals surface area contributed by atoms with Gasteiger partial charge >= 0.3 is 5.97 Å². The molecule has 2 aliphatic heterocycles. The van der Waals surface area contributed by atoms with Crippen LogP contribution in [0.15, 0.2) is 0 Å². The Morgan fingerprint density at radius 2 is 2.19 bits per heavy atom. The molecule has 2 rings (SSSR count). The summed E-state index contributed by atoms with van der Waals surface area (Å²) in [6, 6.07) is -0.0328. The molecule has 2 heterocycles. The van der Waals surface area contributed by atoms with Gasteiger partial charge < -0.3 is 15.3 Å². The molecular weight excluding hydrogens is 212 g/mol. The molecule has 2 N–H and O–H groups in total. The molecule has 0 bridgehead atoms. The number of piperidine rings is 1. The third-order valence-corrected chi connectivity index (χ3v) is 3.19. The Hall–Kier alpha value is -1.59. The highest BCUT2D eigenvalue weighted by Crippen LogP contribution is 2.23. The van der Waals surface area contributed by atoms with Crippen LogP contribution in [0.4, 0.5) is 0 Å². The van der Waals surface area contributed by atoms with Crippen molar-refractivity contribution < 1.29 is 19.5 Å². The van der Waals surface area contributed by atoms with Crippen LogP contribution in [0.5, 0.6) is 0 Å². The van der Waals surface area contributed by atoms with Gasteiger partial charge in [-0.1, -0.05) is 0 Å². The number of carboxylic acid groups (broad SMARTS) is 1. The minimum absolute atomic E-state index is 0.00215. The van der Waals surface area contributed by atoms with Crippen molar-refractivity contribution in [3.05, 3.63) is 0 Å². The fourth-order valence-corrected chi connectivity index (χ4v) is 2.24. The van der Waals surface area contributed by atoms with E-state index in [9.17, 15) is 14.4 Å². The van der Waals surface area contributed by atoms with E-state index in [4.69, 9.17) is 5.11 Å². The van der Waals surface area contributed by atoms with Gasteiger partial charge in [-0.2, -0.15) is 0 Å². The summed E-state index contributed by atoms with van der Waals surface area (Å²) in [6.07, 6.45) is 1.12. The van der Waals surface area contributed by atoms with Crippen molar-refractivity contribution in [2.24, 2.45) is 5.92 Å². The number of hydrogen-bond donors (Lipinski definition) is 2. The Morgan fingerprint density at radius 3 is 2.69 bits per heavy atom. The zero-order chi connectivity index (χ0) is 11.7. The van der Waals surface area contributed by atoms with Gasteiger partial charge in [0.2, 0.25) is 11.8 Å². The molecule has 0 spiro atoms. The second-order valence-corrected chi connectivity index (χ2v) is 4.28. The van der Waals surface area contributed by atoms with Crippen LogP contribution in [0.1, 0.15) is 19.3 Å². The summed E-state index contributed by atoms with van der Waals surface area (Å²) in [5, 5.41) is 11.5. The van der Waals surface area contributed by atoms with Crippen molar-refractivity contribution in [1.29, 1.82) is 0 Å². The molecular formula is C10H14N2O4. The maximum absolute atomic E-state index is 11.6. The van der Waals surface area contributed by atoms with Crippen LogP contribution < -0.4 is 5.32 Å². The van der Waals surface area contributed by atoms with Gasteiger partial charge in [-0.05, 0) is 6.42 Å². The van der Waals surface area contributed by atoms with Crippen molar-refractivity contribution in [2.75, 3.05) is 13.1 Å². The molecule has 0 radical (unpaired) electrons. The molecule has 0 aliphatic carbocycles. The third-order valence-electron chi connectivity index (χ3n) is 3.19. The Morgan fingerprint density at radius 1 is 1.44 bits per heavy atom. The Labute approximate surface area is 92.6 Å². The number of likely N-dealkylation sites (tertiary alicyclic amines) is 1. The minimum Gasteiger partial charge on any atom is -0.481 e. The number of hydrogen-bond acceptors (Lipinski definition) is 3. The van der Waals surface area contributed by atoms with Crippen molar-refractivity contribution in [3.63, 3.8) is 0 Å². The fraction of sp³-hybridized carbons (Fsp3) is 0.700. The molecule has 0 saturated carbocycles. The molecule has 2 amide bonds. The predicted octanol–water partition coefficient (Wildman–Crippen LogP) is -0.802. The van der Waals surface area contributed by atoms with Gasteiger partial charge in [0.05, 0.1) is 5.92 Å². The summed E-state index contributed by atoms with van der Waals surface area (Å²) in [5.41, 5.74) is 0. The summed E-state index contributed by atoms with van der Waals surface area (Å²) in [7, 11) is 0. The molecule has 6 nitrogen and oxygen atoms in total. The number of carbonyl (C=O) groups is 3. The largest absolute Gasteiger partial charge is 0.481 e. The molecule has 2 fully saturated rings. The number of nitrogens with one attached hydrogen (secondary N) is 1. The van der Waals surface area contributed by atoms with E-state index in [0.29, 0.717) is 19.4 Å². The Balaban J connectivity index is 1.97. The lowest BCUT2D eigenvalue weighted by Crippen LogP contribution is -2.48. The molecule has 0 aromatic heterocycles. The standard InChI is InChI=1S/C10H14N2O4/c13-8-2-1-7(4-11-8)12-5-6(10(15)16)3-9(12)14/h6-7H,1-5H2,(H,11,13)(H,15,16). The average Bonchev–Trinajstić information content (AvgIpc) is 2.62. The van der Waals surface area contributed by atoms with Gasteiger partial charge in [0.25, 0.3) is 0 Å². The maximum atomic E-state index is 11.6. The van der Waals surface area contributed by atoms with E-state index in [-0.39, 0.29) is 30.8 Å². The fourth-order valence-electron chi connectivity index (χ4n) is 2.24. The number of nitrogens with zero attached hydrogens (tertiary/aromatic N) is 1. The number of aliphatic carboxylic acids is 1. The van der Waals surface area contributed by atoms with Crippen LogP contribution >= 0.6 is 0 Å². The highest BCUT2D eigenvalue weighted by molar-refractivity contribution is 5.86. The molecule has 16 heavy (non-hydrogen) atoms. The maximum Gasteiger partial charge on any atom is 0.308 e. The lowest BCUT2D eigenvalue weighted by molar-refractivity contribution is -0.141. The van der Waals surface area contributed by atoms with E-state index in [1.807, 2.05) is 0 Å². The zero-order valence-electron chi connectivity index (χ0n) is 8.81. The summed E-state index contributed by atoms with van der Waals surface area (Å²) in [4.78, 5) is 35.0. The van der Waals surface area contributed by atoms with E-state index in [1.165, 1.54) is 0 Å². The molecule has 2 atom stereocenters. The predicted molar refractivity (Wildman–Crippen MR) is 53.5 cm³/mol. The highest BCUT2D eigenvalue weighted by Gasteiger charge is 2.38. The first kappa shape index (κ1) is 10.9. The second kappa shape index (κ2) is 4.11. The lowest BCUT2D eigenvalue weighted by atomic mass is 10.1. The van der Waals surface area contributed by atoms with Gasteiger partial charge in [0.15, 0.2) is 0 Å². The summed E-state index contributed by atoms with van der Waals surface area (Å²) in [6.45, 7) is 0.714. The SMILES string of the molecule is O=C1CCC(N2CC(C(=O)O)CC2=O)CN1. The monoisotopic (exact) mass is 226 g/mol. The van der Waals surface area contributed by atoms with Gasteiger partial charge in [-0.25, -0.2) is 0 Å². The first-order valence-electron chi connectivity index (χ1n) is 5.37. The second-order valence-electron chi connectivity index (χ2n) is 4.28. The highest BCUT2D eigenvalue weighted by atomic mass is 16.4. The summed E-state index contributed by atoms with van der Waals surface area (Å²) >= 11 is 0. The van der Waals surface area contributed by atoms with E-state index < -0.39 is 11.9 Å². The van der Waals surface area contributed by atoms with Crippen LogP contribution in [-0.2, 0) is 14.4 Å². The zero-order valence-corrected chi connectivity index (χ0v) is 8.81. The third kappa shape index (κ3) is 2.00. The quantitative estimate of drug-likeness (QED) is 0.645. The number of carbonyl (C=O) groups excluding carboxylic acids is 2. The first-order valence-corrected chi connectivity index (χ1v) is 5.37. The molecule has 2 saturated heterocycles. The van der Waals surface area contributed by atoms with Crippen LogP contribution in [0.3, 0.4) is 0 Å². The molecule has 2 unspecified atom stereocenters. The average molecular weight is 226 g/mol. The minimum atomic E-state index is -0.921. The molecule has 0 aromatic carbocycles. The van der Waals surface area contributed by atoms with Crippen LogP contribution in [-0.4, -0.2) is 46.9 Å². The number of rotatable bonds is 2. The first-order chi connectivity index (χ1) is 7.58. The van der Waals surface area contributed by atoms with E-state index in [1.54, 1.807) is 4.90 Å². The van der Waals surface area contributed by atoms with Crippen molar-refractivity contribution in [3.8, 4) is 0 Å². The van der Waals surface area contributed by atoms with Gasteiger partial charge in [0, 0.05) is 32.0 Å². The van der Waals surface area contributed by atoms with Gasteiger partial charge in [-0.15, -0.1) is 0 Å². The van der Waals surface area contributed by atoms with E-state index in [2.05, 4.69) is 5.32 Å². The molecule has 6 heteroatoms. The number of amides is 2. The van der Waals surface area contributed by atoms with Gasteiger partial charge in [0.1, 0.15) is 0 Å². The summed E-state index contributed by atoms with van der Waals surface area (Å²) in [5.74, 6) is -1.63. The molecule has 0 aromatic rings. The van der Waals surface area contributed by atoms with E-state index >= 15 is 0 Å². The smallest absolute Gasteiger partial charge is 0.308 e. The molecule has 88 valence electrons. The van der Waals surface area contributed by atoms with Crippen molar-refractivity contribution in [1.82, 2.24) is 10.2 Å². The van der Waals surface area contributed by atoms with Crippen LogP contribution in [0.25, 0.3) is 0 Å². The molecule has 2 aliphatic rings. The van der Waals surface area contributed by atoms with Crippen LogP contribution in [0, 0.1) is 5.92 Å². The topological polar surface area (TPSA) is 86.7 Å². The van der Waals surface area contributed by atoms with Crippen molar-refractivity contribution in [2.45, 2.75) is 25.3 Å². The normalized spacial score (nSPS) is 30.4. The van der Waals surface area contributed by atoms with Crippen molar-refractivity contribution >= 4 is 17.8 Å².